The molecule has 116 valence electrons. The Morgan fingerprint density at radius 3 is 1.89 bits per heavy atom. The second-order valence-corrected chi connectivity index (χ2v) is 6.45. The molecule has 0 aliphatic heterocycles. The number of halogens is 1. The zero-order valence-corrected chi connectivity index (χ0v) is 13.9. The van der Waals surface area contributed by atoms with E-state index in [-0.39, 0.29) is 5.41 Å². The summed E-state index contributed by atoms with van der Waals surface area (Å²) < 4.78 is 46.9. The minimum absolute atomic E-state index is 0.231. The molecule has 0 N–H and O–H groups in total. The van der Waals surface area contributed by atoms with E-state index in [0.29, 0.717) is 0 Å². The summed E-state index contributed by atoms with van der Waals surface area (Å²) in [5.41, 5.74) is -0.231. The van der Waals surface area contributed by atoms with Crippen LogP contribution in [0.4, 0.5) is 0 Å². The van der Waals surface area contributed by atoms with Gasteiger partial charge in [0.05, 0.1) is 14.3 Å². The van der Waals surface area contributed by atoms with Crippen LogP contribution in [0.25, 0.3) is 0 Å². The van der Waals surface area contributed by atoms with Gasteiger partial charge in [-0.05, 0) is 26.2 Å². The van der Waals surface area contributed by atoms with E-state index in [4.69, 9.17) is 9.47 Å². The maximum absolute atomic E-state index is 10.6. The zero-order valence-electron chi connectivity index (χ0n) is 12.1. The zero-order chi connectivity index (χ0) is 15.1. The molecule has 0 aromatic heterocycles. The molecule has 0 radical (unpaired) electrons. The van der Waals surface area contributed by atoms with Crippen LogP contribution in [-0.2, 0) is 13.5 Å². The molecule has 0 aromatic carbocycles. The summed E-state index contributed by atoms with van der Waals surface area (Å²) in [5.74, 6) is -0.487. The van der Waals surface area contributed by atoms with Crippen LogP contribution in [0, 0.1) is 15.7 Å². The maximum atomic E-state index is 10.6. The Morgan fingerprint density at radius 2 is 1.58 bits per heavy atom. The number of hydrogen-bond donors (Lipinski definition) is 0. The van der Waals surface area contributed by atoms with Crippen molar-refractivity contribution < 1.29 is 37.8 Å². The second-order valence-electron chi connectivity index (χ2n) is 4.32. The lowest BCUT2D eigenvalue weighted by Crippen LogP contribution is -2.60. The van der Waals surface area contributed by atoms with E-state index in [9.17, 15) is 14.0 Å². The van der Waals surface area contributed by atoms with E-state index in [1.165, 1.54) is 7.11 Å². The van der Waals surface area contributed by atoms with Crippen LogP contribution in [0.15, 0.2) is 0 Å². The van der Waals surface area contributed by atoms with Crippen molar-refractivity contribution in [2.24, 2.45) is 5.41 Å². The van der Waals surface area contributed by atoms with Gasteiger partial charge in [0.1, 0.15) is 5.85 Å². The molecule has 0 aromatic rings. The molecule has 0 fully saturated rings. The predicted molar refractivity (Wildman–Crippen MR) is 64.1 cm³/mol. The highest BCUT2D eigenvalue weighted by Crippen LogP contribution is 2.45. The molecular weight excluding hydrogens is 295 g/mol. The summed E-state index contributed by atoms with van der Waals surface area (Å²) in [6, 6.07) is 0. The van der Waals surface area contributed by atoms with Gasteiger partial charge in [0.2, 0.25) is 8.81 Å². The van der Waals surface area contributed by atoms with E-state index in [1.807, 2.05) is 20.8 Å². The van der Waals surface area contributed by atoms with Crippen molar-refractivity contribution in [3.63, 3.8) is 0 Å². The van der Waals surface area contributed by atoms with Gasteiger partial charge in [0, 0.05) is 12.5 Å². The Hall–Kier alpha value is 0.480. The summed E-state index contributed by atoms with van der Waals surface area (Å²) in [7, 11) is -3.50. The molecule has 0 saturated carbocycles. The van der Waals surface area contributed by atoms with E-state index >= 15 is 0 Å². The summed E-state index contributed by atoms with van der Waals surface area (Å²) >= 11 is 0. The fourth-order valence-corrected chi connectivity index (χ4v) is 3.82. The van der Waals surface area contributed by atoms with Crippen molar-refractivity contribution in [2.45, 2.75) is 59.1 Å². The predicted octanol–water partition coefficient (Wildman–Crippen LogP) is 0.0453. The Labute approximate surface area is 119 Å². The molecule has 0 aliphatic rings. The molecule has 3 unspecified atom stereocenters. The molecule has 0 amide bonds. The molecule has 0 heterocycles. The lowest BCUT2D eigenvalue weighted by molar-refractivity contribution is -1.91. The van der Waals surface area contributed by atoms with Crippen molar-refractivity contribution in [1.29, 1.82) is 0 Å². The van der Waals surface area contributed by atoms with Gasteiger partial charge < -0.3 is 9.47 Å². The minimum atomic E-state index is -4.43. The molecule has 0 aliphatic carbocycles. The van der Waals surface area contributed by atoms with Crippen LogP contribution in [0.5, 0.6) is 0 Å². The topological polar surface area (TPSA) is 96.9 Å². The van der Waals surface area contributed by atoms with E-state index < -0.39 is 31.2 Å². The maximum Gasteiger partial charge on any atom is 0.231 e. The van der Waals surface area contributed by atoms with E-state index in [1.54, 1.807) is 6.92 Å². The molecule has 0 rings (SSSR count). The van der Waals surface area contributed by atoms with Gasteiger partial charge in [-0.3, -0.25) is 0 Å². The van der Waals surface area contributed by atoms with Crippen LogP contribution < -0.4 is 14.0 Å². The summed E-state index contributed by atoms with van der Waals surface area (Å²) in [5, 5.41) is 0. The third kappa shape index (κ3) is 6.65. The molecule has 0 saturated heterocycles. The van der Waals surface area contributed by atoms with Crippen molar-refractivity contribution >= 4 is 8.81 Å². The monoisotopic (exact) mass is 318 g/mol. The fraction of sp³-hybridized carbons (Fsp3) is 1.00. The van der Waals surface area contributed by atoms with Gasteiger partial charge >= 0.3 is 0 Å². The van der Waals surface area contributed by atoms with Crippen LogP contribution in [0.3, 0.4) is 0 Å². The average molecular weight is 319 g/mol. The van der Waals surface area contributed by atoms with Crippen LogP contribution in [-0.4, -0.2) is 19.2 Å². The normalized spacial score (nSPS) is 17.1. The highest BCUT2D eigenvalue weighted by atomic mass is 35.7. The molecule has 8 heteroatoms. The van der Waals surface area contributed by atoms with Crippen LogP contribution in [0.2, 0.25) is 0 Å². The number of rotatable bonds is 10. The first kappa shape index (κ1) is 19.5. The molecule has 6 nitrogen and oxygen atoms in total. The second kappa shape index (κ2) is 8.70. The summed E-state index contributed by atoms with van der Waals surface area (Å²) in [6.45, 7) is 7.74. The third-order valence-electron chi connectivity index (χ3n) is 3.57. The SMILES string of the molecule is CCC(CC)(CC)C(OC(C)OC)PO[Cl+3]([O-])([O-])[O-]. The standard InChI is InChI=1S/C11H24ClO6P/c1-6-11(7-2,8-3)10(17-9(4)16-5)19-18-12(13,14)15/h9-10,19H,6-8H2,1-5H3. The molecule has 0 bridgehead atoms. The van der Waals surface area contributed by atoms with Crippen molar-refractivity contribution in [2.75, 3.05) is 7.11 Å². The van der Waals surface area contributed by atoms with Gasteiger partial charge in [-0.1, -0.05) is 20.8 Å². The Balaban J connectivity index is 4.91. The largest absolute Gasteiger partial charge is 0.356 e. The first-order valence-corrected chi connectivity index (χ1v) is 8.49. The molecule has 19 heavy (non-hydrogen) atoms. The smallest absolute Gasteiger partial charge is 0.231 e. The lowest BCUT2D eigenvalue weighted by Gasteiger charge is -2.38. The highest BCUT2D eigenvalue weighted by molar-refractivity contribution is 7.32. The first-order valence-electron chi connectivity index (χ1n) is 6.27. The van der Waals surface area contributed by atoms with Crippen molar-refractivity contribution in [1.82, 2.24) is 0 Å². The summed E-state index contributed by atoms with van der Waals surface area (Å²) in [4.78, 5) is 0. The minimum Gasteiger partial charge on any atom is -0.356 e. The summed E-state index contributed by atoms with van der Waals surface area (Å²) in [6.07, 6.45) is 1.91. The number of methoxy groups -OCH3 is 1. The number of ether oxygens (including phenoxy) is 2. The quantitative estimate of drug-likeness (QED) is 0.417. The Bertz CT molecular complexity index is 236. The van der Waals surface area contributed by atoms with Gasteiger partial charge in [0.15, 0.2) is 6.29 Å². The molecule has 0 spiro atoms. The molecule has 3 atom stereocenters. The van der Waals surface area contributed by atoms with Gasteiger partial charge in [-0.15, -0.1) is 0 Å². The number of hydrogen-bond acceptors (Lipinski definition) is 6. The van der Waals surface area contributed by atoms with Crippen LogP contribution >= 0.6 is 8.81 Å². The first-order chi connectivity index (χ1) is 8.74. The highest BCUT2D eigenvalue weighted by Gasteiger charge is 2.40. The van der Waals surface area contributed by atoms with Gasteiger partial charge in [-0.25, -0.2) is 0 Å². The third-order valence-corrected chi connectivity index (χ3v) is 5.65. The van der Waals surface area contributed by atoms with Crippen molar-refractivity contribution in [3.05, 3.63) is 0 Å². The Kier molecular flexibility index (Phi) is 8.92. The Morgan fingerprint density at radius 1 is 1.11 bits per heavy atom. The lowest BCUT2D eigenvalue weighted by atomic mass is 9.80. The van der Waals surface area contributed by atoms with Gasteiger partial charge in [-0.2, -0.15) is 14.0 Å². The van der Waals surface area contributed by atoms with E-state index in [2.05, 4.69) is 4.08 Å². The van der Waals surface area contributed by atoms with Crippen molar-refractivity contribution in [3.8, 4) is 0 Å². The van der Waals surface area contributed by atoms with Crippen LogP contribution in [0.1, 0.15) is 47.0 Å². The van der Waals surface area contributed by atoms with E-state index in [0.717, 1.165) is 19.3 Å². The van der Waals surface area contributed by atoms with Gasteiger partial charge in [0.25, 0.3) is 0 Å². The average Bonchev–Trinajstić information content (AvgIpc) is 2.36. The molecular formula is C11H24ClO6P. The fourth-order valence-electron chi connectivity index (χ4n) is 1.95.